The van der Waals surface area contributed by atoms with Gasteiger partial charge in [0, 0.05) is 12.5 Å². The van der Waals surface area contributed by atoms with Gasteiger partial charge in [-0.2, -0.15) is 0 Å². The molecule has 96 valence electrons. The van der Waals surface area contributed by atoms with Crippen LogP contribution in [0.2, 0.25) is 0 Å². The Morgan fingerprint density at radius 2 is 1.94 bits per heavy atom. The summed E-state index contributed by atoms with van der Waals surface area (Å²) in [5.41, 5.74) is 0. The molecule has 0 amide bonds. The summed E-state index contributed by atoms with van der Waals surface area (Å²) >= 11 is 0. The average molecular weight is 229 g/mol. The highest BCUT2D eigenvalue weighted by Crippen LogP contribution is 2.05. The molecule has 0 aliphatic heterocycles. The second-order valence-electron chi connectivity index (χ2n) is 4.56. The Kier molecular flexibility index (Phi) is 10.5. The molecule has 0 rings (SSSR count). The fourth-order valence-corrected chi connectivity index (χ4v) is 1.73. The van der Waals surface area contributed by atoms with E-state index in [-0.39, 0.29) is 0 Å². The Balaban J connectivity index is 3.17. The normalized spacial score (nSPS) is 12.6. The molecule has 1 unspecified atom stereocenters. The van der Waals surface area contributed by atoms with Crippen molar-refractivity contribution in [2.24, 2.45) is 0 Å². The van der Waals surface area contributed by atoms with E-state index in [0.29, 0.717) is 12.5 Å². The Hall–Kier alpha value is -0.570. The van der Waals surface area contributed by atoms with Crippen molar-refractivity contribution in [1.82, 2.24) is 5.32 Å². The monoisotopic (exact) mass is 229 g/mol. The van der Waals surface area contributed by atoms with E-state index in [9.17, 15) is 4.79 Å². The Labute approximate surface area is 99.6 Å². The number of hydrogen-bond acceptors (Lipinski definition) is 2. The van der Waals surface area contributed by atoms with Crippen molar-refractivity contribution in [1.29, 1.82) is 0 Å². The van der Waals surface area contributed by atoms with E-state index in [1.54, 1.807) is 0 Å². The third-order valence-electron chi connectivity index (χ3n) is 2.80. The highest BCUT2D eigenvalue weighted by Gasteiger charge is 2.01. The number of carboxylic acids is 1. The van der Waals surface area contributed by atoms with Gasteiger partial charge in [-0.3, -0.25) is 4.79 Å². The van der Waals surface area contributed by atoms with E-state index in [0.717, 1.165) is 19.4 Å². The molecule has 3 nitrogen and oxygen atoms in total. The fraction of sp³-hybridized carbons (Fsp3) is 0.923. The summed E-state index contributed by atoms with van der Waals surface area (Å²) in [5, 5.41) is 11.9. The Morgan fingerprint density at radius 3 is 2.56 bits per heavy atom. The molecule has 0 aromatic carbocycles. The van der Waals surface area contributed by atoms with Gasteiger partial charge in [-0.05, 0) is 32.7 Å². The zero-order chi connectivity index (χ0) is 12.2. The number of nitrogens with one attached hydrogen (secondary N) is 1. The lowest BCUT2D eigenvalue weighted by atomic mass is 10.1. The molecule has 0 bridgehead atoms. The van der Waals surface area contributed by atoms with Gasteiger partial charge in [0.25, 0.3) is 0 Å². The van der Waals surface area contributed by atoms with E-state index >= 15 is 0 Å². The van der Waals surface area contributed by atoms with E-state index in [4.69, 9.17) is 5.11 Å². The lowest BCUT2D eigenvalue weighted by Gasteiger charge is -2.13. The number of hydrogen-bond donors (Lipinski definition) is 2. The molecule has 0 aliphatic carbocycles. The molecule has 1 atom stereocenters. The third-order valence-corrected chi connectivity index (χ3v) is 2.80. The van der Waals surface area contributed by atoms with Gasteiger partial charge < -0.3 is 10.4 Å². The van der Waals surface area contributed by atoms with E-state index in [2.05, 4.69) is 19.2 Å². The largest absolute Gasteiger partial charge is 0.481 e. The maximum Gasteiger partial charge on any atom is 0.303 e. The first-order valence-electron chi connectivity index (χ1n) is 6.62. The second-order valence-corrected chi connectivity index (χ2v) is 4.56. The van der Waals surface area contributed by atoms with Crippen LogP contribution < -0.4 is 5.32 Å². The molecule has 0 radical (unpaired) electrons. The minimum absolute atomic E-state index is 0.298. The van der Waals surface area contributed by atoms with Crippen LogP contribution >= 0.6 is 0 Å². The van der Waals surface area contributed by atoms with Crippen LogP contribution in [0.1, 0.15) is 65.2 Å². The second kappa shape index (κ2) is 10.9. The van der Waals surface area contributed by atoms with Gasteiger partial charge in [-0.25, -0.2) is 0 Å². The van der Waals surface area contributed by atoms with Crippen LogP contribution in [-0.4, -0.2) is 23.7 Å². The number of carbonyl (C=O) groups is 1. The Bertz CT molecular complexity index is 171. The standard InChI is InChI=1S/C13H27NO2/c1-3-4-5-6-9-12(2)14-11-8-7-10-13(15)16/h12,14H,3-11H2,1-2H3,(H,15,16). The van der Waals surface area contributed by atoms with Crippen molar-refractivity contribution in [3.8, 4) is 0 Å². The minimum atomic E-state index is -0.687. The SMILES string of the molecule is CCCCCCC(C)NCCCCC(=O)O. The van der Waals surface area contributed by atoms with Crippen molar-refractivity contribution < 1.29 is 9.90 Å². The van der Waals surface area contributed by atoms with Gasteiger partial charge >= 0.3 is 5.97 Å². The van der Waals surface area contributed by atoms with Gasteiger partial charge in [-0.15, -0.1) is 0 Å². The third kappa shape index (κ3) is 11.5. The van der Waals surface area contributed by atoms with Gasteiger partial charge in [0.05, 0.1) is 0 Å². The summed E-state index contributed by atoms with van der Waals surface area (Å²) in [4.78, 5) is 10.3. The molecule has 0 aliphatic rings. The van der Waals surface area contributed by atoms with Gasteiger partial charge in [0.15, 0.2) is 0 Å². The van der Waals surface area contributed by atoms with Crippen LogP contribution in [0.3, 0.4) is 0 Å². The minimum Gasteiger partial charge on any atom is -0.481 e. The maximum absolute atomic E-state index is 10.3. The highest BCUT2D eigenvalue weighted by molar-refractivity contribution is 5.66. The number of aliphatic carboxylic acids is 1. The first-order valence-corrected chi connectivity index (χ1v) is 6.62. The predicted octanol–water partition coefficient (Wildman–Crippen LogP) is 3.19. The van der Waals surface area contributed by atoms with Crippen molar-refractivity contribution in [2.45, 2.75) is 71.3 Å². The maximum atomic E-state index is 10.3. The zero-order valence-electron chi connectivity index (χ0n) is 10.8. The smallest absolute Gasteiger partial charge is 0.303 e. The van der Waals surface area contributed by atoms with Crippen molar-refractivity contribution >= 4 is 5.97 Å². The zero-order valence-corrected chi connectivity index (χ0v) is 10.8. The molecule has 0 aromatic rings. The molecular weight excluding hydrogens is 202 g/mol. The average Bonchev–Trinajstić information content (AvgIpc) is 2.23. The summed E-state index contributed by atoms with van der Waals surface area (Å²) in [6.07, 6.45) is 8.54. The van der Waals surface area contributed by atoms with Crippen molar-refractivity contribution in [2.75, 3.05) is 6.54 Å². The summed E-state index contributed by atoms with van der Waals surface area (Å²) in [7, 11) is 0. The van der Waals surface area contributed by atoms with Gasteiger partial charge in [-0.1, -0.05) is 32.6 Å². The van der Waals surface area contributed by atoms with Crippen LogP contribution in [0.15, 0.2) is 0 Å². The van der Waals surface area contributed by atoms with Crippen LogP contribution in [-0.2, 0) is 4.79 Å². The summed E-state index contributed by atoms with van der Waals surface area (Å²) < 4.78 is 0. The molecule has 16 heavy (non-hydrogen) atoms. The molecule has 0 fully saturated rings. The van der Waals surface area contributed by atoms with Crippen LogP contribution in [0.25, 0.3) is 0 Å². The lowest BCUT2D eigenvalue weighted by molar-refractivity contribution is -0.137. The topological polar surface area (TPSA) is 49.3 Å². The van der Waals surface area contributed by atoms with E-state index in [1.807, 2.05) is 0 Å². The quantitative estimate of drug-likeness (QED) is 0.535. The van der Waals surface area contributed by atoms with Crippen LogP contribution in [0.5, 0.6) is 0 Å². The molecule has 0 saturated carbocycles. The van der Waals surface area contributed by atoms with E-state index < -0.39 is 5.97 Å². The summed E-state index contributed by atoms with van der Waals surface area (Å²) in [6, 6.07) is 0.571. The van der Waals surface area contributed by atoms with Crippen LogP contribution in [0, 0.1) is 0 Å². The molecule has 2 N–H and O–H groups in total. The molecule has 0 saturated heterocycles. The van der Waals surface area contributed by atoms with Crippen molar-refractivity contribution in [3.05, 3.63) is 0 Å². The summed E-state index contributed by atoms with van der Waals surface area (Å²) in [6.45, 7) is 5.38. The number of carboxylic acid groups (broad SMARTS) is 1. The molecule has 0 spiro atoms. The molecule has 0 heterocycles. The fourth-order valence-electron chi connectivity index (χ4n) is 1.73. The first-order chi connectivity index (χ1) is 7.66. The van der Waals surface area contributed by atoms with E-state index in [1.165, 1.54) is 32.1 Å². The van der Waals surface area contributed by atoms with Crippen LogP contribution in [0.4, 0.5) is 0 Å². The number of unbranched alkanes of at least 4 members (excludes halogenated alkanes) is 4. The van der Waals surface area contributed by atoms with Gasteiger partial charge in [0.2, 0.25) is 0 Å². The molecule has 3 heteroatoms. The number of rotatable bonds is 11. The predicted molar refractivity (Wildman–Crippen MR) is 67.7 cm³/mol. The highest BCUT2D eigenvalue weighted by atomic mass is 16.4. The molecular formula is C13H27NO2. The lowest BCUT2D eigenvalue weighted by Crippen LogP contribution is -2.26. The first kappa shape index (κ1) is 15.4. The Morgan fingerprint density at radius 1 is 1.19 bits per heavy atom. The summed E-state index contributed by atoms with van der Waals surface area (Å²) in [5.74, 6) is -0.687. The van der Waals surface area contributed by atoms with Gasteiger partial charge in [0.1, 0.15) is 0 Å². The van der Waals surface area contributed by atoms with Crippen molar-refractivity contribution in [3.63, 3.8) is 0 Å². The molecule has 0 aromatic heterocycles.